The van der Waals surface area contributed by atoms with Crippen LogP contribution in [0.5, 0.6) is 0 Å². The van der Waals surface area contributed by atoms with Crippen LogP contribution in [0.4, 0.5) is 0 Å². The lowest BCUT2D eigenvalue weighted by Gasteiger charge is -2.30. The maximum Gasteiger partial charge on any atom is 0.191 e. The lowest BCUT2D eigenvalue weighted by atomic mass is 9.83. The van der Waals surface area contributed by atoms with E-state index in [0.29, 0.717) is 6.04 Å². The molecule has 1 aliphatic carbocycles. The first-order valence-electron chi connectivity index (χ1n) is 6.45. The highest BCUT2D eigenvalue weighted by atomic mass is 15.2. The molecule has 0 spiro atoms. The minimum absolute atomic E-state index is 0.634. The van der Waals surface area contributed by atoms with Gasteiger partial charge in [-0.25, -0.2) is 0 Å². The van der Waals surface area contributed by atoms with Gasteiger partial charge in [0.25, 0.3) is 0 Å². The number of nitrogens with one attached hydrogen (secondary N) is 2. The van der Waals surface area contributed by atoms with Crippen LogP contribution in [-0.4, -0.2) is 25.1 Å². The van der Waals surface area contributed by atoms with Crippen molar-refractivity contribution in [2.75, 3.05) is 13.1 Å². The second kappa shape index (κ2) is 5.38. The van der Waals surface area contributed by atoms with Crippen molar-refractivity contribution < 1.29 is 0 Å². The zero-order valence-electron chi connectivity index (χ0n) is 9.76. The summed E-state index contributed by atoms with van der Waals surface area (Å²) in [4.78, 5) is 4.41. The Balaban J connectivity index is 1.84. The van der Waals surface area contributed by atoms with Gasteiger partial charge in [-0.2, -0.15) is 0 Å². The first kappa shape index (κ1) is 10.8. The van der Waals surface area contributed by atoms with Crippen LogP contribution in [0.2, 0.25) is 0 Å². The first-order chi connectivity index (χ1) is 7.40. The van der Waals surface area contributed by atoms with E-state index in [-0.39, 0.29) is 0 Å². The molecule has 2 aliphatic rings. The highest BCUT2D eigenvalue weighted by molar-refractivity contribution is 5.81. The largest absolute Gasteiger partial charge is 0.355 e. The van der Waals surface area contributed by atoms with Crippen molar-refractivity contribution in [1.29, 1.82) is 0 Å². The molecule has 2 N–H and O–H groups in total. The summed E-state index contributed by atoms with van der Waals surface area (Å²) < 4.78 is 0. The molecule has 1 atom stereocenters. The van der Waals surface area contributed by atoms with E-state index < -0.39 is 0 Å². The summed E-state index contributed by atoms with van der Waals surface area (Å²) in [5.41, 5.74) is 0. The first-order valence-corrected chi connectivity index (χ1v) is 6.45. The van der Waals surface area contributed by atoms with Crippen LogP contribution in [0.15, 0.2) is 4.99 Å². The smallest absolute Gasteiger partial charge is 0.191 e. The van der Waals surface area contributed by atoms with Gasteiger partial charge in [0.1, 0.15) is 0 Å². The fraction of sp³-hybridized carbons (Fsp3) is 0.917. The van der Waals surface area contributed by atoms with Crippen molar-refractivity contribution in [2.45, 2.75) is 51.5 Å². The summed E-state index contributed by atoms with van der Waals surface area (Å²) in [5.74, 6) is 1.90. The SMILES string of the molecule is CCC(NC1=NCCN1)C1CCCCC1. The van der Waals surface area contributed by atoms with Gasteiger partial charge < -0.3 is 10.6 Å². The van der Waals surface area contributed by atoms with Crippen molar-refractivity contribution in [1.82, 2.24) is 10.6 Å². The molecule has 1 heterocycles. The molecule has 1 saturated carbocycles. The molecule has 2 rings (SSSR count). The summed E-state index contributed by atoms with van der Waals surface area (Å²) in [5, 5.41) is 6.87. The molecule has 1 aliphatic heterocycles. The highest BCUT2D eigenvalue weighted by Crippen LogP contribution is 2.27. The normalized spacial score (nSPS) is 24.5. The number of guanidine groups is 1. The molecular weight excluding hydrogens is 186 g/mol. The molecule has 0 radical (unpaired) electrons. The monoisotopic (exact) mass is 209 g/mol. The standard InChI is InChI=1S/C12H23N3/c1-2-11(10-6-4-3-5-7-10)15-12-13-8-9-14-12/h10-11H,2-9H2,1H3,(H2,13,14,15). The molecule has 1 unspecified atom stereocenters. The van der Waals surface area contributed by atoms with Gasteiger partial charge in [-0.3, -0.25) is 4.99 Å². The van der Waals surface area contributed by atoms with Gasteiger partial charge in [0.05, 0.1) is 6.54 Å². The summed E-state index contributed by atoms with van der Waals surface area (Å²) in [6, 6.07) is 0.634. The fourth-order valence-corrected chi connectivity index (χ4v) is 2.76. The van der Waals surface area contributed by atoms with E-state index in [1.807, 2.05) is 0 Å². The minimum Gasteiger partial charge on any atom is -0.355 e. The topological polar surface area (TPSA) is 36.4 Å². The Morgan fingerprint density at radius 1 is 1.40 bits per heavy atom. The second-order valence-electron chi connectivity index (χ2n) is 4.71. The van der Waals surface area contributed by atoms with Crippen LogP contribution < -0.4 is 10.6 Å². The van der Waals surface area contributed by atoms with Gasteiger partial charge in [-0.05, 0) is 25.2 Å². The number of hydrogen-bond donors (Lipinski definition) is 2. The molecule has 0 amide bonds. The van der Waals surface area contributed by atoms with Crippen LogP contribution in [0.25, 0.3) is 0 Å². The molecule has 0 aromatic carbocycles. The minimum atomic E-state index is 0.634. The van der Waals surface area contributed by atoms with E-state index in [2.05, 4.69) is 22.5 Å². The third-order valence-electron chi connectivity index (χ3n) is 3.65. The third kappa shape index (κ3) is 2.86. The predicted molar refractivity (Wildman–Crippen MR) is 64.1 cm³/mol. The fourth-order valence-electron chi connectivity index (χ4n) is 2.76. The second-order valence-corrected chi connectivity index (χ2v) is 4.71. The zero-order valence-corrected chi connectivity index (χ0v) is 9.76. The van der Waals surface area contributed by atoms with Gasteiger partial charge >= 0.3 is 0 Å². The Morgan fingerprint density at radius 2 is 2.20 bits per heavy atom. The molecule has 3 heteroatoms. The molecule has 3 nitrogen and oxygen atoms in total. The molecule has 0 bridgehead atoms. The molecule has 0 aromatic rings. The van der Waals surface area contributed by atoms with E-state index in [1.54, 1.807) is 0 Å². The van der Waals surface area contributed by atoms with Gasteiger partial charge in [-0.15, -0.1) is 0 Å². The van der Waals surface area contributed by atoms with E-state index >= 15 is 0 Å². The molecule has 0 aromatic heterocycles. The predicted octanol–water partition coefficient (Wildman–Crippen LogP) is 1.89. The molecule has 86 valence electrons. The Morgan fingerprint density at radius 3 is 2.80 bits per heavy atom. The van der Waals surface area contributed by atoms with E-state index in [0.717, 1.165) is 25.0 Å². The van der Waals surface area contributed by atoms with Gasteiger partial charge in [0, 0.05) is 12.6 Å². The van der Waals surface area contributed by atoms with Crippen LogP contribution in [0.3, 0.4) is 0 Å². The Kier molecular flexibility index (Phi) is 3.87. The lowest BCUT2D eigenvalue weighted by Crippen LogP contribution is -2.45. The number of rotatable bonds is 3. The molecule has 1 fully saturated rings. The zero-order chi connectivity index (χ0) is 10.5. The number of hydrogen-bond acceptors (Lipinski definition) is 3. The summed E-state index contributed by atoms with van der Waals surface area (Å²) in [6.45, 7) is 4.22. The van der Waals surface area contributed by atoms with E-state index in [1.165, 1.54) is 38.5 Å². The van der Waals surface area contributed by atoms with E-state index in [4.69, 9.17) is 0 Å². The van der Waals surface area contributed by atoms with E-state index in [9.17, 15) is 0 Å². The average molecular weight is 209 g/mol. The van der Waals surface area contributed by atoms with Gasteiger partial charge in [0.15, 0.2) is 5.96 Å². The van der Waals surface area contributed by atoms with Gasteiger partial charge in [-0.1, -0.05) is 26.2 Å². The molecular formula is C12H23N3. The van der Waals surface area contributed by atoms with Crippen molar-refractivity contribution in [3.63, 3.8) is 0 Å². The quantitative estimate of drug-likeness (QED) is 0.745. The van der Waals surface area contributed by atoms with Crippen LogP contribution in [0, 0.1) is 5.92 Å². The Labute approximate surface area is 92.7 Å². The maximum absolute atomic E-state index is 4.41. The molecule has 0 saturated heterocycles. The van der Waals surface area contributed by atoms with Crippen LogP contribution >= 0.6 is 0 Å². The Hall–Kier alpha value is -0.730. The molecule has 15 heavy (non-hydrogen) atoms. The van der Waals surface area contributed by atoms with Crippen molar-refractivity contribution in [3.05, 3.63) is 0 Å². The average Bonchev–Trinajstić information content (AvgIpc) is 2.80. The van der Waals surface area contributed by atoms with Gasteiger partial charge in [0.2, 0.25) is 0 Å². The number of nitrogens with zero attached hydrogens (tertiary/aromatic N) is 1. The van der Waals surface area contributed by atoms with Crippen LogP contribution in [-0.2, 0) is 0 Å². The van der Waals surface area contributed by atoms with Crippen molar-refractivity contribution >= 4 is 5.96 Å². The summed E-state index contributed by atoms with van der Waals surface area (Å²) in [7, 11) is 0. The van der Waals surface area contributed by atoms with Crippen LogP contribution in [0.1, 0.15) is 45.4 Å². The van der Waals surface area contributed by atoms with Crippen molar-refractivity contribution in [2.24, 2.45) is 10.9 Å². The Bertz CT molecular complexity index is 219. The highest BCUT2D eigenvalue weighted by Gasteiger charge is 2.23. The summed E-state index contributed by atoms with van der Waals surface area (Å²) in [6.07, 6.45) is 8.29. The maximum atomic E-state index is 4.41. The van der Waals surface area contributed by atoms with Crippen molar-refractivity contribution in [3.8, 4) is 0 Å². The third-order valence-corrected chi connectivity index (χ3v) is 3.65. The number of aliphatic imine (C=N–C) groups is 1. The lowest BCUT2D eigenvalue weighted by molar-refractivity contribution is 0.283. The summed E-state index contributed by atoms with van der Waals surface area (Å²) >= 11 is 0.